The molecule has 0 aliphatic carbocycles. The van der Waals surface area contributed by atoms with Crippen LogP contribution in [0.3, 0.4) is 0 Å². The minimum Gasteiger partial charge on any atom is -0.504 e. The van der Waals surface area contributed by atoms with E-state index in [2.05, 4.69) is 10.3 Å². The second kappa shape index (κ2) is 8.70. The maximum Gasteiger partial charge on any atom is 0.266 e. The van der Waals surface area contributed by atoms with E-state index in [4.69, 9.17) is 4.74 Å². The number of anilines is 1. The number of benzene rings is 2. The molecule has 0 aliphatic rings. The Morgan fingerprint density at radius 1 is 1.26 bits per heavy atom. The molecule has 0 saturated carbocycles. The molecule has 0 aliphatic heterocycles. The number of methoxy groups -OCH3 is 1. The lowest BCUT2D eigenvalue weighted by atomic mass is 10.1. The highest BCUT2D eigenvalue weighted by molar-refractivity contribution is 6.12. The Balaban J connectivity index is 0.00000261. The van der Waals surface area contributed by atoms with Crippen molar-refractivity contribution in [1.29, 1.82) is 5.26 Å². The number of aromatic hydroxyl groups is 1. The van der Waals surface area contributed by atoms with Crippen LogP contribution >= 0.6 is 12.4 Å². The number of ether oxygens (including phenoxy) is 1. The number of nitriles is 1. The second-order valence-corrected chi connectivity index (χ2v) is 5.43. The summed E-state index contributed by atoms with van der Waals surface area (Å²) < 4.78 is 4.98. The molecular formula is C20H16ClN3O3. The average Bonchev–Trinajstić information content (AvgIpc) is 2.66. The van der Waals surface area contributed by atoms with Crippen molar-refractivity contribution in [3.05, 3.63) is 65.9 Å². The molecule has 0 spiro atoms. The van der Waals surface area contributed by atoms with Crippen LogP contribution in [0.1, 0.15) is 5.56 Å². The number of nitrogens with one attached hydrogen (secondary N) is 1. The third-order valence-corrected chi connectivity index (χ3v) is 3.77. The van der Waals surface area contributed by atoms with Crippen LogP contribution in [0, 0.1) is 11.3 Å². The van der Waals surface area contributed by atoms with Gasteiger partial charge in [0.1, 0.15) is 11.6 Å². The van der Waals surface area contributed by atoms with Gasteiger partial charge in [-0.3, -0.25) is 9.78 Å². The first kappa shape index (κ1) is 19.8. The normalized spacial score (nSPS) is 10.6. The van der Waals surface area contributed by atoms with Crippen LogP contribution in [0.25, 0.3) is 17.0 Å². The molecule has 1 aromatic heterocycles. The first-order valence-corrected chi connectivity index (χ1v) is 7.76. The minimum absolute atomic E-state index is 0. The van der Waals surface area contributed by atoms with Crippen molar-refractivity contribution in [1.82, 2.24) is 4.98 Å². The fourth-order valence-electron chi connectivity index (χ4n) is 2.51. The standard InChI is InChI=1S/C20H15N3O3.ClH/c1-26-19-8-7-13(11-18(19)24)10-14(12-21)20(25)23-17-6-2-5-16-15(17)4-3-9-22-16;/h2-11,24H,1H3,(H,23,25);1H/b14-10+;. The summed E-state index contributed by atoms with van der Waals surface area (Å²) in [6, 6.07) is 15.5. The van der Waals surface area contributed by atoms with E-state index in [9.17, 15) is 15.2 Å². The maximum atomic E-state index is 12.5. The molecule has 3 aromatic rings. The smallest absolute Gasteiger partial charge is 0.266 e. The van der Waals surface area contributed by atoms with Gasteiger partial charge in [0, 0.05) is 11.6 Å². The lowest BCUT2D eigenvalue weighted by Crippen LogP contribution is -2.13. The number of pyridine rings is 1. The summed E-state index contributed by atoms with van der Waals surface area (Å²) in [4.78, 5) is 16.7. The molecule has 0 bridgehead atoms. The molecule has 27 heavy (non-hydrogen) atoms. The van der Waals surface area contributed by atoms with Crippen LogP contribution in [-0.2, 0) is 4.79 Å². The largest absolute Gasteiger partial charge is 0.504 e. The number of carbonyl (C=O) groups is 1. The van der Waals surface area contributed by atoms with Crippen molar-refractivity contribution in [2.24, 2.45) is 0 Å². The topological polar surface area (TPSA) is 95.2 Å². The lowest BCUT2D eigenvalue weighted by molar-refractivity contribution is -0.112. The summed E-state index contributed by atoms with van der Waals surface area (Å²) in [5, 5.41) is 22.7. The first-order valence-electron chi connectivity index (χ1n) is 7.76. The van der Waals surface area contributed by atoms with Crippen LogP contribution in [0.4, 0.5) is 5.69 Å². The summed E-state index contributed by atoms with van der Waals surface area (Å²) >= 11 is 0. The van der Waals surface area contributed by atoms with Crippen LogP contribution in [0.2, 0.25) is 0 Å². The number of phenolic OH excluding ortho intramolecular Hbond substituents is 1. The lowest BCUT2D eigenvalue weighted by Gasteiger charge is -2.08. The first-order chi connectivity index (χ1) is 12.6. The van der Waals surface area contributed by atoms with Crippen LogP contribution in [0.15, 0.2) is 60.3 Å². The molecule has 2 N–H and O–H groups in total. The van der Waals surface area contributed by atoms with E-state index in [1.54, 1.807) is 36.5 Å². The average molecular weight is 382 g/mol. The number of halogens is 1. The third-order valence-electron chi connectivity index (χ3n) is 3.77. The van der Waals surface area contributed by atoms with E-state index in [0.717, 1.165) is 10.9 Å². The molecule has 1 amide bonds. The summed E-state index contributed by atoms with van der Waals surface area (Å²) in [5.41, 5.74) is 1.73. The summed E-state index contributed by atoms with van der Waals surface area (Å²) in [6.07, 6.45) is 3.07. The second-order valence-electron chi connectivity index (χ2n) is 5.43. The fourth-order valence-corrected chi connectivity index (χ4v) is 2.51. The molecule has 3 rings (SSSR count). The fraction of sp³-hybridized carbons (Fsp3) is 0.0500. The number of amides is 1. The minimum atomic E-state index is -0.542. The molecule has 6 nitrogen and oxygen atoms in total. The van der Waals surface area contributed by atoms with E-state index < -0.39 is 5.91 Å². The summed E-state index contributed by atoms with van der Waals surface area (Å²) in [7, 11) is 1.44. The highest BCUT2D eigenvalue weighted by Crippen LogP contribution is 2.27. The van der Waals surface area contributed by atoms with Crippen molar-refractivity contribution in [3.8, 4) is 17.6 Å². The number of nitrogens with zero attached hydrogens (tertiary/aromatic N) is 2. The Kier molecular flexibility index (Phi) is 6.36. The van der Waals surface area contributed by atoms with Gasteiger partial charge in [-0.15, -0.1) is 12.4 Å². The van der Waals surface area contributed by atoms with Crippen molar-refractivity contribution < 1.29 is 14.6 Å². The number of carbonyl (C=O) groups excluding carboxylic acids is 1. The van der Waals surface area contributed by atoms with Crippen LogP contribution < -0.4 is 10.1 Å². The van der Waals surface area contributed by atoms with Crippen molar-refractivity contribution in [2.45, 2.75) is 0 Å². The molecule has 2 aromatic carbocycles. The van der Waals surface area contributed by atoms with Crippen LogP contribution in [0.5, 0.6) is 11.5 Å². The van der Waals surface area contributed by atoms with Gasteiger partial charge >= 0.3 is 0 Å². The molecule has 0 fully saturated rings. The number of fused-ring (bicyclic) bond motifs is 1. The van der Waals surface area contributed by atoms with Gasteiger partial charge in [-0.05, 0) is 48.0 Å². The van der Waals surface area contributed by atoms with E-state index in [0.29, 0.717) is 17.0 Å². The zero-order valence-electron chi connectivity index (χ0n) is 14.3. The van der Waals surface area contributed by atoms with Crippen LogP contribution in [-0.4, -0.2) is 23.1 Å². The number of phenols is 1. The Morgan fingerprint density at radius 3 is 2.78 bits per heavy atom. The number of hydrogen-bond acceptors (Lipinski definition) is 5. The van der Waals surface area contributed by atoms with Gasteiger partial charge in [0.25, 0.3) is 5.91 Å². The zero-order chi connectivity index (χ0) is 18.5. The van der Waals surface area contributed by atoms with Crippen molar-refractivity contribution in [3.63, 3.8) is 0 Å². The van der Waals surface area contributed by atoms with E-state index in [-0.39, 0.29) is 23.7 Å². The van der Waals surface area contributed by atoms with Gasteiger partial charge in [0.05, 0.1) is 18.3 Å². The molecule has 7 heteroatoms. The number of rotatable bonds is 4. The van der Waals surface area contributed by atoms with Gasteiger partial charge in [0.15, 0.2) is 11.5 Å². The Hall–Kier alpha value is -3.56. The SMILES string of the molecule is COc1ccc(/C=C(\C#N)C(=O)Nc2cccc3ncccc23)cc1O.Cl. The monoisotopic (exact) mass is 381 g/mol. The molecule has 0 radical (unpaired) electrons. The highest BCUT2D eigenvalue weighted by atomic mass is 35.5. The molecule has 0 unspecified atom stereocenters. The van der Waals surface area contributed by atoms with Gasteiger partial charge in [-0.25, -0.2) is 0 Å². The Morgan fingerprint density at radius 2 is 2.07 bits per heavy atom. The van der Waals surface area contributed by atoms with Gasteiger partial charge in [0.2, 0.25) is 0 Å². The maximum absolute atomic E-state index is 12.5. The highest BCUT2D eigenvalue weighted by Gasteiger charge is 2.12. The van der Waals surface area contributed by atoms with Gasteiger partial charge < -0.3 is 15.2 Å². The Bertz CT molecular complexity index is 1050. The number of hydrogen-bond donors (Lipinski definition) is 2. The predicted octanol–water partition coefficient (Wildman–Crippen LogP) is 3.92. The van der Waals surface area contributed by atoms with Gasteiger partial charge in [-0.2, -0.15) is 5.26 Å². The molecule has 0 saturated heterocycles. The Labute approximate surface area is 162 Å². The molecule has 0 atom stereocenters. The summed E-state index contributed by atoms with van der Waals surface area (Å²) in [6.45, 7) is 0. The van der Waals surface area contributed by atoms with E-state index in [1.165, 1.54) is 19.3 Å². The van der Waals surface area contributed by atoms with Crippen molar-refractivity contribution >= 4 is 41.0 Å². The summed E-state index contributed by atoms with van der Waals surface area (Å²) in [5.74, 6) is -0.299. The van der Waals surface area contributed by atoms with Crippen molar-refractivity contribution in [2.75, 3.05) is 12.4 Å². The third kappa shape index (κ3) is 4.35. The predicted molar refractivity (Wildman–Crippen MR) is 106 cm³/mol. The van der Waals surface area contributed by atoms with E-state index in [1.807, 2.05) is 18.2 Å². The molecular weight excluding hydrogens is 366 g/mol. The molecule has 136 valence electrons. The van der Waals surface area contributed by atoms with Gasteiger partial charge in [-0.1, -0.05) is 12.1 Å². The number of aromatic nitrogens is 1. The molecule has 1 heterocycles. The zero-order valence-corrected chi connectivity index (χ0v) is 15.2. The van der Waals surface area contributed by atoms with E-state index >= 15 is 0 Å². The quantitative estimate of drug-likeness (QED) is 0.527.